The average molecular weight is 540 g/mol. The van der Waals surface area contributed by atoms with E-state index in [0.717, 1.165) is 66.1 Å². The number of nitrogens with zero attached hydrogens (tertiary/aromatic N) is 3. The minimum atomic E-state index is -2.15. The Bertz CT molecular complexity index is 1280. The van der Waals surface area contributed by atoms with Gasteiger partial charge in [0.05, 0.1) is 18.9 Å². The van der Waals surface area contributed by atoms with Crippen LogP contribution in [0, 0.1) is 13.8 Å². The maximum atomic E-state index is 14.5. The molecule has 2 aliphatic heterocycles. The van der Waals surface area contributed by atoms with E-state index in [4.69, 9.17) is 19.6 Å². The van der Waals surface area contributed by atoms with Crippen molar-refractivity contribution >= 4 is 22.4 Å². The van der Waals surface area contributed by atoms with Crippen molar-refractivity contribution in [3.8, 4) is 17.0 Å². The van der Waals surface area contributed by atoms with Crippen LogP contribution in [-0.2, 0) is 22.7 Å². The zero-order chi connectivity index (χ0) is 26.7. The van der Waals surface area contributed by atoms with Gasteiger partial charge in [-0.25, -0.2) is 14.2 Å². The summed E-state index contributed by atoms with van der Waals surface area (Å²) in [6, 6.07) is 12.7. The predicted octanol–water partition coefficient (Wildman–Crippen LogP) is 5.23. The van der Waals surface area contributed by atoms with Crippen LogP contribution in [0.5, 0.6) is 5.75 Å². The molecule has 0 spiro atoms. The topological polar surface area (TPSA) is 75.1 Å². The predicted molar refractivity (Wildman–Crippen MR) is 147 cm³/mol. The highest BCUT2D eigenvalue weighted by Crippen LogP contribution is 2.37. The molecule has 0 aliphatic carbocycles. The number of aromatic nitrogens is 1. The fourth-order valence-corrected chi connectivity index (χ4v) is 5.84. The number of benzene rings is 2. The number of piperidine rings is 1. The number of carboxylic acid groups (broad SMARTS) is 1. The van der Waals surface area contributed by atoms with Crippen molar-refractivity contribution in [1.82, 2.24) is 9.88 Å². The van der Waals surface area contributed by atoms with Gasteiger partial charge in [0.15, 0.2) is 5.13 Å². The fourth-order valence-electron chi connectivity index (χ4n) is 4.96. The molecule has 0 atom stereocenters. The van der Waals surface area contributed by atoms with Crippen molar-refractivity contribution in [3.05, 3.63) is 64.0 Å². The highest BCUT2D eigenvalue weighted by atomic mass is 32.1. The molecule has 0 amide bonds. The normalized spacial score (nSPS) is 17.9. The molecule has 0 radical (unpaired) electrons. The van der Waals surface area contributed by atoms with E-state index in [2.05, 4.69) is 36.1 Å². The first kappa shape index (κ1) is 26.6. The second-order valence-corrected chi connectivity index (χ2v) is 11.0. The highest BCUT2D eigenvalue weighted by Gasteiger charge is 2.42. The number of halogens is 1. The summed E-state index contributed by atoms with van der Waals surface area (Å²) in [7, 11) is 0. The number of morpholine rings is 1. The molecule has 38 heavy (non-hydrogen) atoms. The molecule has 9 heteroatoms. The lowest BCUT2D eigenvalue weighted by Gasteiger charge is -2.33. The van der Waals surface area contributed by atoms with Crippen LogP contribution in [0.15, 0.2) is 41.8 Å². The van der Waals surface area contributed by atoms with Crippen LogP contribution in [0.25, 0.3) is 11.3 Å². The molecule has 3 aromatic rings. The summed E-state index contributed by atoms with van der Waals surface area (Å²) in [6.07, 6.45) is -0.0821. The van der Waals surface area contributed by atoms with E-state index in [0.29, 0.717) is 19.7 Å². The van der Waals surface area contributed by atoms with E-state index in [-0.39, 0.29) is 12.8 Å². The minimum Gasteiger partial charge on any atom is -0.488 e. The van der Waals surface area contributed by atoms with E-state index in [1.165, 1.54) is 22.5 Å². The molecule has 2 aromatic carbocycles. The number of rotatable bonds is 8. The molecular weight excluding hydrogens is 505 g/mol. The molecule has 2 fully saturated rings. The van der Waals surface area contributed by atoms with E-state index < -0.39 is 11.6 Å². The van der Waals surface area contributed by atoms with Crippen LogP contribution in [0.1, 0.15) is 35.1 Å². The molecule has 0 bridgehead atoms. The third kappa shape index (κ3) is 6.00. The van der Waals surface area contributed by atoms with Gasteiger partial charge in [0.2, 0.25) is 5.67 Å². The van der Waals surface area contributed by atoms with Gasteiger partial charge in [0.1, 0.15) is 12.4 Å². The maximum absolute atomic E-state index is 14.5. The Kier molecular flexibility index (Phi) is 7.97. The van der Waals surface area contributed by atoms with Gasteiger partial charge in [0, 0.05) is 56.5 Å². The number of carboxylic acids is 1. The lowest BCUT2D eigenvalue weighted by Crippen LogP contribution is -2.46. The largest absolute Gasteiger partial charge is 0.488 e. The maximum Gasteiger partial charge on any atom is 0.341 e. The summed E-state index contributed by atoms with van der Waals surface area (Å²) in [5.74, 6) is -0.614. The van der Waals surface area contributed by atoms with Crippen molar-refractivity contribution in [2.45, 2.75) is 45.5 Å². The Hall–Kier alpha value is -3.01. The zero-order valence-corrected chi connectivity index (χ0v) is 22.7. The second-order valence-electron chi connectivity index (χ2n) is 10.2. The van der Waals surface area contributed by atoms with E-state index >= 15 is 0 Å². The Morgan fingerprint density at radius 2 is 1.89 bits per heavy atom. The molecule has 1 aromatic heterocycles. The molecule has 3 heterocycles. The number of anilines is 1. The van der Waals surface area contributed by atoms with Crippen molar-refractivity contribution in [1.29, 1.82) is 0 Å². The second kappa shape index (κ2) is 11.4. The minimum absolute atomic E-state index is 0.0410. The molecule has 0 saturated carbocycles. The third-order valence-electron chi connectivity index (χ3n) is 7.41. The van der Waals surface area contributed by atoms with Crippen LogP contribution in [0.4, 0.5) is 9.52 Å². The van der Waals surface area contributed by atoms with Gasteiger partial charge >= 0.3 is 5.97 Å². The van der Waals surface area contributed by atoms with Crippen molar-refractivity contribution in [2.24, 2.45) is 0 Å². The van der Waals surface area contributed by atoms with Gasteiger partial charge < -0.3 is 19.5 Å². The van der Waals surface area contributed by atoms with Crippen molar-refractivity contribution < 1.29 is 23.8 Å². The highest BCUT2D eigenvalue weighted by molar-refractivity contribution is 7.14. The first-order valence-electron chi connectivity index (χ1n) is 13.1. The number of aliphatic carboxylic acids is 1. The summed E-state index contributed by atoms with van der Waals surface area (Å²) in [5.41, 5.74) is 4.32. The molecule has 2 aliphatic rings. The Morgan fingerprint density at radius 3 is 2.61 bits per heavy atom. The van der Waals surface area contributed by atoms with Gasteiger partial charge in [-0.3, -0.25) is 4.90 Å². The standard InChI is InChI=1S/C29H34FN3O4S/c1-20-3-6-26(37-18-23-5-4-22(16-21(23)2)17-32-11-13-36-14-12-32)24(15-20)25-19-38-28(31-25)33-9-7-29(30,8-10-33)27(34)35/h3-6,15-16,19H,7-14,17-18H2,1-2H3,(H,34,35). The Balaban J connectivity index is 1.26. The quantitative estimate of drug-likeness (QED) is 0.420. The van der Waals surface area contributed by atoms with E-state index in [9.17, 15) is 9.18 Å². The lowest BCUT2D eigenvalue weighted by molar-refractivity contribution is -0.152. The summed E-state index contributed by atoms with van der Waals surface area (Å²) in [4.78, 5) is 20.4. The number of thiazole rings is 1. The van der Waals surface area contributed by atoms with E-state index in [1.54, 1.807) is 0 Å². The van der Waals surface area contributed by atoms with Crippen molar-refractivity contribution in [2.75, 3.05) is 44.3 Å². The van der Waals surface area contributed by atoms with Gasteiger partial charge in [-0.15, -0.1) is 11.3 Å². The summed E-state index contributed by atoms with van der Waals surface area (Å²) in [5, 5.41) is 11.9. The van der Waals surface area contributed by atoms with Crippen molar-refractivity contribution in [3.63, 3.8) is 0 Å². The van der Waals surface area contributed by atoms with Crippen LogP contribution in [0.3, 0.4) is 0 Å². The third-order valence-corrected chi connectivity index (χ3v) is 8.31. The Labute approximate surface area is 226 Å². The first-order valence-corrected chi connectivity index (χ1v) is 13.9. The number of hydrogen-bond donors (Lipinski definition) is 1. The Morgan fingerprint density at radius 1 is 1.13 bits per heavy atom. The summed E-state index contributed by atoms with van der Waals surface area (Å²) in [6.45, 7) is 9.73. The fraction of sp³-hybridized carbons (Fsp3) is 0.448. The number of hydrogen-bond acceptors (Lipinski definition) is 7. The van der Waals surface area contributed by atoms with Crippen LogP contribution >= 0.6 is 11.3 Å². The molecule has 1 N–H and O–H groups in total. The zero-order valence-electron chi connectivity index (χ0n) is 21.9. The monoisotopic (exact) mass is 539 g/mol. The van der Waals surface area contributed by atoms with Gasteiger partial charge in [0.25, 0.3) is 0 Å². The lowest BCUT2D eigenvalue weighted by atomic mass is 9.94. The van der Waals surface area contributed by atoms with Crippen LogP contribution < -0.4 is 9.64 Å². The molecule has 7 nitrogen and oxygen atoms in total. The number of carbonyl (C=O) groups is 1. The average Bonchev–Trinajstić information content (AvgIpc) is 3.40. The summed E-state index contributed by atoms with van der Waals surface area (Å²) >= 11 is 1.48. The molecular formula is C29H34FN3O4S. The summed E-state index contributed by atoms with van der Waals surface area (Å²) < 4.78 is 26.2. The number of ether oxygens (including phenoxy) is 2. The first-order chi connectivity index (χ1) is 18.3. The molecule has 2 saturated heterocycles. The van der Waals surface area contributed by atoms with E-state index in [1.807, 2.05) is 29.3 Å². The molecule has 5 rings (SSSR count). The number of aryl methyl sites for hydroxylation is 2. The smallest absolute Gasteiger partial charge is 0.341 e. The molecule has 202 valence electrons. The van der Waals surface area contributed by atoms with Crippen LogP contribution in [-0.4, -0.2) is 66.0 Å². The van der Waals surface area contributed by atoms with Crippen LogP contribution in [0.2, 0.25) is 0 Å². The van der Waals surface area contributed by atoms with Gasteiger partial charge in [-0.1, -0.05) is 29.8 Å². The SMILES string of the molecule is Cc1ccc(OCc2ccc(CN3CCOCC3)cc2C)c(-c2csc(N3CCC(F)(C(=O)O)CC3)n2)c1. The molecule has 0 unspecified atom stereocenters. The van der Waals surface area contributed by atoms with Gasteiger partial charge in [-0.05, 0) is 42.7 Å². The van der Waals surface area contributed by atoms with Gasteiger partial charge in [-0.2, -0.15) is 0 Å². The number of alkyl halides is 1.